The Kier molecular flexibility index (Phi) is 1.40. The molecule has 0 atom stereocenters. The Labute approximate surface area is 69.7 Å². The van der Waals surface area contributed by atoms with Crippen LogP contribution in [0.5, 0.6) is 0 Å². The van der Waals surface area contributed by atoms with Crippen molar-refractivity contribution >= 4 is 11.5 Å². The molecule has 2 aromatic rings. The van der Waals surface area contributed by atoms with Gasteiger partial charge in [0, 0.05) is 9.33 Å². The summed E-state index contributed by atoms with van der Waals surface area (Å²) in [5, 5.41) is 27.8. The molecule has 8 heteroatoms. The molecule has 0 amide bonds. The van der Waals surface area contributed by atoms with Gasteiger partial charge < -0.3 is 9.73 Å². The fraction of sp³-hybridized carbons (Fsp3) is 0. The molecule has 7 nitrogen and oxygen atoms in total. The summed E-state index contributed by atoms with van der Waals surface area (Å²) < 4.78 is 4.76. The van der Waals surface area contributed by atoms with Crippen LogP contribution in [0.4, 0.5) is 0 Å². The smallest absolute Gasteiger partial charge is 0.188 e. The Hall–Kier alpha value is -1.70. The highest BCUT2D eigenvalue weighted by Crippen LogP contribution is 2.15. The first-order chi connectivity index (χ1) is 5.75. The minimum Gasteiger partial charge on any atom is -0.581 e. The van der Waals surface area contributed by atoms with E-state index in [1.54, 1.807) is 0 Å². The molecule has 0 saturated carbocycles. The van der Waals surface area contributed by atoms with Gasteiger partial charge in [0.1, 0.15) is 6.20 Å². The van der Waals surface area contributed by atoms with Gasteiger partial charge in [-0.25, -0.2) is 5.21 Å². The van der Waals surface area contributed by atoms with Crippen molar-refractivity contribution in [3.63, 3.8) is 0 Å². The van der Waals surface area contributed by atoms with E-state index in [1.165, 1.54) is 6.20 Å². The van der Waals surface area contributed by atoms with Crippen LogP contribution >= 0.6 is 11.5 Å². The summed E-state index contributed by atoms with van der Waals surface area (Å²) in [6, 6.07) is 0. The molecule has 0 saturated heterocycles. The van der Waals surface area contributed by atoms with Gasteiger partial charge in [-0.1, -0.05) is 0 Å². The van der Waals surface area contributed by atoms with Gasteiger partial charge in [-0.2, -0.15) is 0 Å². The van der Waals surface area contributed by atoms with Crippen molar-refractivity contribution in [1.82, 2.24) is 10.2 Å². The first kappa shape index (κ1) is 6.98. The zero-order valence-electron chi connectivity index (χ0n) is 5.58. The molecule has 0 aliphatic rings. The summed E-state index contributed by atoms with van der Waals surface area (Å²) >= 11 is 0.829. The Morgan fingerprint density at radius 1 is 1.50 bits per heavy atom. The molecule has 2 heterocycles. The van der Waals surface area contributed by atoms with Crippen LogP contribution < -0.4 is 9.25 Å². The van der Waals surface area contributed by atoms with Crippen molar-refractivity contribution in [3.05, 3.63) is 22.9 Å². The van der Waals surface area contributed by atoms with Crippen molar-refractivity contribution < 1.29 is 13.8 Å². The maximum Gasteiger partial charge on any atom is 0.188 e. The Morgan fingerprint density at radius 2 is 2.33 bits per heavy atom. The van der Waals surface area contributed by atoms with E-state index in [1.807, 2.05) is 0 Å². The van der Waals surface area contributed by atoms with Crippen molar-refractivity contribution in [2.24, 2.45) is 0 Å². The van der Waals surface area contributed by atoms with Crippen LogP contribution in [0.1, 0.15) is 0 Å². The van der Waals surface area contributed by atoms with E-state index in [2.05, 4.69) is 14.7 Å². The van der Waals surface area contributed by atoms with E-state index in [9.17, 15) is 10.4 Å². The standard InChI is InChI=1S/C4H2N4O3S/c9-7-6-3(2-11-7)4-1-5-8(10)12-4/h1-2H. The fourth-order valence-electron chi connectivity index (χ4n) is 0.681. The predicted molar refractivity (Wildman–Crippen MR) is 35.5 cm³/mol. The zero-order chi connectivity index (χ0) is 8.55. The molecular weight excluding hydrogens is 184 g/mol. The van der Waals surface area contributed by atoms with Gasteiger partial charge in [0.25, 0.3) is 0 Å². The van der Waals surface area contributed by atoms with Gasteiger partial charge in [-0.3, -0.25) is 0 Å². The highest BCUT2D eigenvalue weighted by atomic mass is 32.1. The molecule has 0 unspecified atom stereocenters. The number of nitrogens with zero attached hydrogens (tertiary/aromatic N) is 4. The monoisotopic (exact) mass is 186 g/mol. The third-order valence-electron chi connectivity index (χ3n) is 1.14. The summed E-state index contributed by atoms with van der Waals surface area (Å²) in [4.78, 5) is 0.489. The van der Waals surface area contributed by atoms with Crippen LogP contribution in [0.15, 0.2) is 17.0 Å². The van der Waals surface area contributed by atoms with Gasteiger partial charge in [0.2, 0.25) is 0 Å². The summed E-state index contributed by atoms with van der Waals surface area (Å²) in [6.07, 6.45) is 2.47. The van der Waals surface area contributed by atoms with E-state index >= 15 is 0 Å². The summed E-state index contributed by atoms with van der Waals surface area (Å²) in [5.41, 5.74) is 0.303. The lowest BCUT2D eigenvalue weighted by Crippen LogP contribution is -2.26. The summed E-state index contributed by atoms with van der Waals surface area (Å²) in [6.45, 7) is 0. The number of rotatable bonds is 1. The van der Waals surface area contributed by atoms with Crippen molar-refractivity contribution in [3.8, 4) is 10.6 Å². The predicted octanol–water partition coefficient (Wildman–Crippen LogP) is -0.935. The van der Waals surface area contributed by atoms with Crippen LogP contribution in [0.2, 0.25) is 0 Å². The molecule has 2 rings (SSSR count). The van der Waals surface area contributed by atoms with Gasteiger partial charge in [-0.15, -0.1) is 0 Å². The zero-order valence-corrected chi connectivity index (χ0v) is 6.39. The quantitative estimate of drug-likeness (QED) is 0.423. The largest absolute Gasteiger partial charge is 0.581 e. The molecule has 12 heavy (non-hydrogen) atoms. The molecular formula is C4H2N4O3S. The molecule has 0 aliphatic carbocycles. The van der Waals surface area contributed by atoms with E-state index in [4.69, 9.17) is 0 Å². The number of hydrogen-bond acceptors (Lipinski definition) is 6. The molecule has 62 valence electrons. The van der Waals surface area contributed by atoms with E-state index in [0.29, 0.717) is 14.8 Å². The van der Waals surface area contributed by atoms with Gasteiger partial charge in [-0.05, 0) is 0 Å². The van der Waals surface area contributed by atoms with Crippen molar-refractivity contribution in [2.45, 2.75) is 0 Å². The lowest BCUT2D eigenvalue weighted by atomic mass is 10.4. The Bertz CT molecular complexity index is 358. The average Bonchev–Trinajstić information content (AvgIpc) is 2.58. The molecule has 0 N–H and O–H groups in total. The molecule has 0 spiro atoms. The lowest BCUT2D eigenvalue weighted by Gasteiger charge is -1.76. The topological polar surface area (TPSA) is 92.8 Å². The number of hydrogen-bond donors (Lipinski definition) is 0. The molecule has 0 radical (unpaired) electrons. The summed E-state index contributed by atoms with van der Waals surface area (Å²) in [7, 11) is 0. The molecule has 0 aromatic carbocycles. The second-order valence-electron chi connectivity index (χ2n) is 1.88. The van der Waals surface area contributed by atoms with Crippen molar-refractivity contribution in [1.29, 1.82) is 0 Å². The van der Waals surface area contributed by atoms with Gasteiger partial charge in [0.05, 0.1) is 11.4 Å². The summed E-state index contributed by atoms with van der Waals surface area (Å²) in [5.74, 6) is 0. The minimum atomic E-state index is 0.0597. The average molecular weight is 186 g/mol. The molecule has 0 bridgehead atoms. The van der Waals surface area contributed by atoms with E-state index < -0.39 is 0 Å². The second-order valence-corrected chi connectivity index (χ2v) is 2.82. The highest BCUT2D eigenvalue weighted by molar-refractivity contribution is 7.05. The molecule has 2 aromatic heterocycles. The van der Waals surface area contributed by atoms with Crippen LogP contribution in [-0.4, -0.2) is 10.2 Å². The maximum atomic E-state index is 10.6. The van der Waals surface area contributed by atoms with Crippen LogP contribution in [-0.2, 0) is 0 Å². The minimum absolute atomic E-state index is 0.0597. The van der Waals surface area contributed by atoms with E-state index in [0.717, 1.165) is 17.8 Å². The van der Waals surface area contributed by atoms with Crippen LogP contribution in [0.3, 0.4) is 0 Å². The first-order valence-electron chi connectivity index (χ1n) is 2.88. The van der Waals surface area contributed by atoms with Gasteiger partial charge in [0.15, 0.2) is 27.1 Å². The Balaban J connectivity index is 2.43. The van der Waals surface area contributed by atoms with Crippen molar-refractivity contribution in [2.75, 3.05) is 0 Å². The van der Waals surface area contributed by atoms with Crippen LogP contribution in [0, 0.1) is 10.4 Å². The van der Waals surface area contributed by atoms with Gasteiger partial charge >= 0.3 is 0 Å². The number of aromatic nitrogens is 4. The fourth-order valence-corrected chi connectivity index (χ4v) is 1.22. The SMILES string of the molecule is [O-][n+]1nc(-c2cn[n+]([O-])s2)co1. The third kappa shape index (κ3) is 1.07. The highest BCUT2D eigenvalue weighted by Gasteiger charge is 2.13. The molecule has 0 aliphatic heterocycles. The van der Waals surface area contributed by atoms with Crippen LogP contribution in [0.25, 0.3) is 10.6 Å². The maximum absolute atomic E-state index is 10.6. The lowest BCUT2D eigenvalue weighted by molar-refractivity contribution is -0.840. The second kappa shape index (κ2) is 2.41. The first-order valence-corrected chi connectivity index (χ1v) is 3.65. The third-order valence-corrected chi connectivity index (χ3v) is 1.90. The van der Waals surface area contributed by atoms with E-state index in [-0.39, 0.29) is 5.02 Å². The Morgan fingerprint density at radius 3 is 2.83 bits per heavy atom. The molecule has 0 fully saturated rings. The normalized spacial score (nSPS) is 10.3.